The third-order valence-electron chi connectivity index (χ3n) is 6.26. The molecule has 1 fully saturated rings. The van der Waals surface area contributed by atoms with Gasteiger partial charge in [0.05, 0.1) is 14.2 Å². The standard InChI is InChI=1S/C27H29ClN2O4S/c1-33-22-14-13-18(16-23(22)34-2)27(32)30(17-19-8-3-6-11-21(19)28)25(24-12-7-15-35-24)26(31)29-20-9-4-5-10-20/h3,6-8,11-16,20,25H,4-5,9-10,17H2,1-2H3,(H,29,31)/t25-/m1/s1. The number of nitrogens with one attached hydrogen (secondary N) is 1. The number of nitrogens with zero attached hydrogens (tertiary/aromatic N) is 1. The van der Waals surface area contributed by atoms with Crippen LogP contribution in [-0.2, 0) is 11.3 Å². The molecule has 2 aromatic carbocycles. The van der Waals surface area contributed by atoms with Crippen molar-refractivity contribution in [3.63, 3.8) is 0 Å². The molecule has 0 radical (unpaired) electrons. The third kappa shape index (κ3) is 5.80. The third-order valence-corrected chi connectivity index (χ3v) is 7.56. The van der Waals surface area contributed by atoms with Gasteiger partial charge in [-0.3, -0.25) is 9.59 Å². The van der Waals surface area contributed by atoms with E-state index in [4.69, 9.17) is 21.1 Å². The van der Waals surface area contributed by atoms with E-state index in [0.29, 0.717) is 22.1 Å². The van der Waals surface area contributed by atoms with Gasteiger partial charge >= 0.3 is 0 Å². The molecule has 0 aliphatic heterocycles. The predicted octanol–water partition coefficient (Wildman–Crippen LogP) is 5.86. The van der Waals surface area contributed by atoms with Crippen molar-refractivity contribution in [1.82, 2.24) is 10.2 Å². The monoisotopic (exact) mass is 512 g/mol. The van der Waals surface area contributed by atoms with Gasteiger partial charge in [-0.2, -0.15) is 0 Å². The van der Waals surface area contributed by atoms with E-state index in [1.165, 1.54) is 18.4 Å². The molecule has 1 aromatic heterocycles. The van der Waals surface area contributed by atoms with E-state index in [1.807, 2.05) is 35.7 Å². The van der Waals surface area contributed by atoms with Crippen molar-refractivity contribution >= 4 is 34.8 Å². The van der Waals surface area contributed by atoms with Crippen molar-refractivity contribution in [2.75, 3.05) is 14.2 Å². The van der Waals surface area contributed by atoms with E-state index in [1.54, 1.807) is 36.3 Å². The van der Waals surface area contributed by atoms with Gasteiger partial charge in [0, 0.05) is 28.0 Å². The van der Waals surface area contributed by atoms with E-state index >= 15 is 0 Å². The molecule has 8 heteroatoms. The Morgan fingerprint density at radius 3 is 2.46 bits per heavy atom. The number of carbonyl (C=O) groups is 2. The van der Waals surface area contributed by atoms with Gasteiger partial charge in [-0.1, -0.05) is 48.7 Å². The van der Waals surface area contributed by atoms with Gasteiger partial charge in [0.25, 0.3) is 5.91 Å². The highest BCUT2D eigenvalue weighted by Gasteiger charge is 2.35. The number of thiophene rings is 1. The van der Waals surface area contributed by atoms with E-state index < -0.39 is 6.04 Å². The number of benzene rings is 2. The maximum atomic E-state index is 14.0. The molecular formula is C27H29ClN2O4S. The molecule has 0 saturated heterocycles. The van der Waals surface area contributed by atoms with Crippen LogP contribution in [-0.4, -0.2) is 37.0 Å². The summed E-state index contributed by atoms with van der Waals surface area (Å²) in [6.07, 6.45) is 4.11. The number of hydrogen-bond donors (Lipinski definition) is 1. The van der Waals surface area contributed by atoms with Crippen molar-refractivity contribution < 1.29 is 19.1 Å². The summed E-state index contributed by atoms with van der Waals surface area (Å²) in [5.41, 5.74) is 1.16. The number of methoxy groups -OCH3 is 2. The van der Waals surface area contributed by atoms with Gasteiger partial charge in [0.2, 0.25) is 5.91 Å². The van der Waals surface area contributed by atoms with Gasteiger partial charge < -0.3 is 19.7 Å². The zero-order valence-electron chi connectivity index (χ0n) is 19.8. The lowest BCUT2D eigenvalue weighted by Gasteiger charge is -2.32. The molecule has 1 atom stereocenters. The van der Waals surface area contributed by atoms with Crippen LogP contribution in [0.2, 0.25) is 5.02 Å². The molecule has 1 N–H and O–H groups in total. The summed E-state index contributed by atoms with van der Waals surface area (Å²) in [6.45, 7) is 0.174. The average Bonchev–Trinajstić information content (AvgIpc) is 3.59. The Kier molecular flexibility index (Phi) is 8.31. The first-order valence-corrected chi connectivity index (χ1v) is 12.9. The van der Waals surface area contributed by atoms with E-state index in [-0.39, 0.29) is 24.4 Å². The summed E-state index contributed by atoms with van der Waals surface area (Å²) in [5, 5.41) is 5.65. The first-order chi connectivity index (χ1) is 17.0. The fraction of sp³-hybridized carbons (Fsp3) is 0.333. The molecular weight excluding hydrogens is 484 g/mol. The fourth-order valence-corrected chi connectivity index (χ4v) is 5.48. The van der Waals surface area contributed by atoms with Crippen LogP contribution in [0.4, 0.5) is 0 Å². The topological polar surface area (TPSA) is 67.9 Å². The molecule has 0 bridgehead atoms. The minimum atomic E-state index is -0.799. The molecule has 4 rings (SSSR count). The minimum Gasteiger partial charge on any atom is -0.493 e. The molecule has 0 unspecified atom stereocenters. The Morgan fingerprint density at radius 2 is 1.80 bits per heavy atom. The van der Waals surface area contributed by atoms with Crippen molar-refractivity contribution in [3.8, 4) is 11.5 Å². The Hall–Kier alpha value is -3.03. The summed E-state index contributed by atoms with van der Waals surface area (Å²) in [4.78, 5) is 30.1. The highest BCUT2D eigenvalue weighted by atomic mass is 35.5. The van der Waals surface area contributed by atoms with E-state index in [2.05, 4.69) is 5.32 Å². The van der Waals surface area contributed by atoms with Gasteiger partial charge in [0.15, 0.2) is 11.5 Å². The van der Waals surface area contributed by atoms with E-state index in [9.17, 15) is 9.59 Å². The Morgan fingerprint density at radius 1 is 1.06 bits per heavy atom. The zero-order valence-corrected chi connectivity index (χ0v) is 21.4. The number of rotatable bonds is 9. The maximum absolute atomic E-state index is 14.0. The first-order valence-electron chi connectivity index (χ1n) is 11.6. The van der Waals surface area contributed by atoms with Crippen LogP contribution < -0.4 is 14.8 Å². The zero-order chi connectivity index (χ0) is 24.8. The molecule has 3 aromatic rings. The maximum Gasteiger partial charge on any atom is 0.255 e. The molecule has 2 amide bonds. The van der Waals surface area contributed by atoms with Crippen molar-refractivity contribution in [1.29, 1.82) is 0 Å². The Labute approximate surface area is 214 Å². The van der Waals surface area contributed by atoms with Crippen molar-refractivity contribution in [2.45, 2.75) is 44.3 Å². The highest BCUT2D eigenvalue weighted by Crippen LogP contribution is 2.33. The van der Waals surface area contributed by atoms with Crippen LogP contribution in [0, 0.1) is 0 Å². The average molecular weight is 513 g/mol. The minimum absolute atomic E-state index is 0.128. The second kappa shape index (κ2) is 11.6. The lowest BCUT2D eigenvalue weighted by atomic mass is 10.1. The number of amides is 2. The number of ether oxygens (including phenoxy) is 2. The normalized spacial score (nSPS) is 14.4. The summed E-state index contributed by atoms with van der Waals surface area (Å²) >= 11 is 7.93. The largest absolute Gasteiger partial charge is 0.493 e. The van der Waals surface area contributed by atoms with Crippen LogP contribution in [0.1, 0.15) is 52.5 Å². The van der Waals surface area contributed by atoms with Crippen LogP contribution in [0.25, 0.3) is 0 Å². The quantitative estimate of drug-likeness (QED) is 0.390. The summed E-state index contributed by atoms with van der Waals surface area (Å²) in [5.74, 6) is 0.487. The van der Waals surface area contributed by atoms with Crippen LogP contribution >= 0.6 is 22.9 Å². The first kappa shape index (κ1) is 25.1. The van der Waals surface area contributed by atoms with E-state index in [0.717, 1.165) is 36.1 Å². The smallest absolute Gasteiger partial charge is 0.255 e. The summed E-state index contributed by atoms with van der Waals surface area (Å²) < 4.78 is 10.8. The summed E-state index contributed by atoms with van der Waals surface area (Å²) in [6, 6.07) is 15.5. The van der Waals surface area contributed by atoms with Gasteiger partial charge in [0.1, 0.15) is 6.04 Å². The number of hydrogen-bond acceptors (Lipinski definition) is 5. The Balaban J connectivity index is 1.76. The van der Waals surface area contributed by atoms with Crippen LogP contribution in [0.15, 0.2) is 60.0 Å². The van der Waals surface area contributed by atoms with Crippen molar-refractivity contribution in [2.24, 2.45) is 0 Å². The Bertz CT molecular complexity index is 1160. The van der Waals surface area contributed by atoms with Crippen molar-refractivity contribution in [3.05, 3.63) is 81.0 Å². The molecule has 1 saturated carbocycles. The highest BCUT2D eigenvalue weighted by molar-refractivity contribution is 7.10. The van der Waals surface area contributed by atoms with Crippen LogP contribution in [0.5, 0.6) is 11.5 Å². The summed E-state index contributed by atoms with van der Waals surface area (Å²) in [7, 11) is 3.07. The lowest BCUT2D eigenvalue weighted by Crippen LogP contribution is -2.45. The number of halogens is 1. The van der Waals surface area contributed by atoms with Crippen LogP contribution in [0.3, 0.4) is 0 Å². The molecule has 35 heavy (non-hydrogen) atoms. The lowest BCUT2D eigenvalue weighted by molar-refractivity contribution is -0.126. The fourth-order valence-electron chi connectivity index (χ4n) is 4.45. The van der Waals surface area contributed by atoms with Gasteiger partial charge in [-0.15, -0.1) is 11.3 Å². The van der Waals surface area contributed by atoms with Gasteiger partial charge in [-0.25, -0.2) is 0 Å². The molecule has 6 nitrogen and oxygen atoms in total. The second-order valence-corrected chi connectivity index (χ2v) is 9.89. The predicted molar refractivity (Wildman–Crippen MR) is 138 cm³/mol. The molecule has 184 valence electrons. The SMILES string of the molecule is COc1ccc(C(=O)N(Cc2ccccc2Cl)[C@@H](C(=O)NC2CCCC2)c2cccs2)cc1OC. The molecule has 1 aliphatic carbocycles. The molecule has 0 spiro atoms. The van der Waals surface area contributed by atoms with Gasteiger partial charge in [-0.05, 0) is 54.1 Å². The molecule has 1 heterocycles. The second-order valence-electron chi connectivity index (χ2n) is 8.50. The molecule has 1 aliphatic rings. The number of carbonyl (C=O) groups excluding carboxylic acids is 2.